The van der Waals surface area contributed by atoms with E-state index in [0.29, 0.717) is 6.54 Å². The summed E-state index contributed by atoms with van der Waals surface area (Å²) < 4.78 is 0. The van der Waals surface area contributed by atoms with Crippen LogP contribution >= 0.6 is 0 Å². The molecule has 0 amide bonds. The molecule has 0 radical (unpaired) electrons. The molecule has 5 nitrogen and oxygen atoms in total. The van der Waals surface area contributed by atoms with Gasteiger partial charge in [-0.15, -0.1) is 0 Å². The summed E-state index contributed by atoms with van der Waals surface area (Å²) in [6.07, 6.45) is 4.38. The second kappa shape index (κ2) is 6.43. The van der Waals surface area contributed by atoms with E-state index >= 15 is 0 Å². The van der Waals surface area contributed by atoms with Crippen molar-refractivity contribution in [2.75, 3.05) is 20.1 Å². The maximum Gasteiger partial charge on any atom is 0.194 e. The standard InChI is InChI=1S/C16H21N5/c1-17-16(21-9-5-6-10-21)19-12-15-18-11-14(20-15)13-7-3-2-4-8-13/h2-4,7-8,11H,5-6,9-10,12H2,1H3,(H,17,19)(H,18,20). The van der Waals surface area contributed by atoms with Crippen LogP contribution < -0.4 is 5.32 Å². The van der Waals surface area contributed by atoms with E-state index in [1.807, 2.05) is 31.4 Å². The number of hydrogen-bond acceptors (Lipinski definition) is 2. The van der Waals surface area contributed by atoms with Gasteiger partial charge in [-0.3, -0.25) is 4.99 Å². The SMILES string of the molecule is CN=C(NCc1ncc(-c2ccccc2)[nH]1)N1CCCC1. The molecule has 0 bridgehead atoms. The zero-order chi connectivity index (χ0) is 14.5. The van der Waals surface area contributed by atoms with Crippen molar-refractivity contribution in [3.8, 4) is 11.3 Å². The van der Waals surface area contributed by atoms with Crippen molar-refractivity contribution >= 4 is 5.96 Å². The Bertz CT molecular complexity index is 596. The molecule has 110 valence electrons. The van der Waals surface area contributed by atoms with Crippen LogP contribution in [0.2, 0.25) is 0 Å². The predicted molar refractivity (Wildman–Crippen MR) is 85.0 cm³/mol. The minimum Gasteiger partial charge on any atom is -0.349 e. The molecule has 2 heterocycles. The van der Waals surface area contributed by atoms with E-state index in [9.17, 15) is 0 Å². The van der Waals surface area contributed by atoms with Crippen LogP contribution in [-0.4, -0.2) is 41.0 Å². The average molecular weight is 283 g/mol. The molecular formula is C16H21N5. The van der Waals surface area contributed by atoms with Gasteiger partial charge in [0.05, 0.1) is 18.4 Å². The summed E-state index contributed by atoms with van der Waals surface area (Å²) in [6.45, 7) is 2.84. The van der Waals surface area contributed by atoms with Gasteiger partial charge < -0.3 is 15.2 Å². The molecule has 21 heavy (non-hydrogen) atoms. The van der Waals surface area contributed by atoms with Crippen molar-refractivity contribution in [2.45, 2.75) is 19.4 Å². The van der Waals surface area contributed by atoms with Gasteiger partial charge >= 0.3 is 0 Å². The number of nitrogens with one attached hydrogen (secondary N) is 2. The molecule has 0 atom stereocenters. The Labute approximate surface area is 125 Å². The molecule has 1 fully saturated rings. The number of benzene rings is 1. The van der Waals surface area contributed by atoms with Gasteiger partial charge in [-0.05, 0) is 18.4 Å². The molecule has 1 saturated heterocycles. The Balaban J connectivity index is 1.62. The van der Waals surface area contributed by atoms with E-state index in [0.717, 1.165) is 36.1 Å². The lowest BCUT2D eigenvalue weighted by Gasteiger charge is -2.20. The first kappa shape index (κ1) is 13.7. The number of aliphatic imine (C=N–C) groups is 1. The molecule has 1 aromatic carbocycles. The van der Waals surface area contributed by atoms with Crippen molar-refractivity contribution in [3.63, 3.8) is 0 Å². The summed E-state index contributed by atoms with van der Waals surface area (Å²) in [5.74, 6) is 1.89. The normalized spacial score (nSPS) is 15.5. The fourth-order valence-electron chi connectivity index (χ4n) is 2.64. The van der Waals surface area contributed by atoms with Crippen LogP contribution in [0.15, 0.2) is 41.5 Å². The van der Waals surface area contributed by atoms with E-state index in [-0.39, 0.29) is 0 Å². The highest BCUT2D eigenvalue weighted by Crippen LogP contribution is 2.16. The van der Waals surface area contributed by atoms with Gasteiger partial charge in [0.25, 0.3) is 0 Å². The number of nitrogens with zero attached hydrogens (tertiary/aromatic N) is 3. The van der Waals surface area contributed by atoms with Crippen LogP contribution in [0, 0.1) is 0 Å². The van der Waals surface area contributed by atoms with Crippen molar-refractivity contribution in [1.29, 1.82) is 0 Å². The summed E-state index contributed by atoms with van der Waals surface area (Å²) in [7, 11) is 1.83. The van der Waals surface area contributed by atoms with E-state index in [2.05, 4.69) is 37.3 Å². The number of aromatic nitrogens is 2. The fraction of sp³-hybridized carbons (Fsp3) is 0.375. The highest BCUT2D eigenvalue weighted by atomic mass is 15.3. The van der Waals surface area contributed by atoms with E-state index in [1.165, 1.54) is 12.8 Å². The quantitative estimate of drug-likeness (QED) is 0.671. The number of imidazole rings is 1. The van der Waals surface area contributed by atoms with Gasteiger partial charge in [0, 0.05) is 20.1 Å². The highest BCUT2D eigenvalue weighted by Gasteiger charge is 2.15. The summed E-state index contributed by atoms with van der Waals surface area (Å²) in [6, 6.07) is 10.2. The minimum absolute atomic E-state index is 0.663. The summed E-state index contributed by atoms with van der Waals surface area (Å²) in [5.41, 5.74) is 2.20. The zero-order valence-corrected chi connectivity index (χ0v) is 12.3. The highest BCUT2D eigenvalue weighted by molar-refractivity contribution is 5.80. The van der Waals surface area contributed by atoms with Crippen LogP contribution in [0.1, 0.15) is 18.7 Å². The van der Waals surface area contributed by atoms with Crippen LogP contribution in [0.3, 0.4) is 0 Å². The molecule has 0 aliphatic carbocycles. The largest absolute Gasteiger partial charge is 0.349 e. The summed E-state index contributed by atoms with van der Waals surface area (Å²) in [5, 5.41) is 3.37. The summed E-state index contributed by atoms with van der Waals surface area (Å²) >= 11 is 0. The lowest BCUT2D eigenvalue weighted by molar-refractivity contribution is 0.492. The van der Waals surface area contributed by atoms with Crippen molar-refractivity contribution in [1.82, 2.24) is 20.2 Å². The predicted octanol–water partition coefficient (Wildman–Crippen LogP) is 2.25. The van der Waals surface area contributed by atoms with Gasteiger partial charge in [0.15, 0.2) is 5.96 Å². The number of rotatable bonds is 3. The number of guanidine groups is 1. The molecule has 3 rings (SSSR count). The first-order valence-electron chi connectivity index (χ1n) is 7.42. The molecule has 1 aliphatic rings. The number of aromatic amines is 1. The van der Waals surface area contributed by atoms with Gasteiger partial charge in [0.2, 0.25) is 0 Å². The minimum atomic E-state index is 0.663. The number of H-pyrrole nitrogens is 1. The third kappa shape index (κ3) is 3.24. The van der Waals surface area contributed by atoms with E-state index in [4.69, 9.17) is 0 Å². The van der Waals surface area contributed by atoms with E-state index in [1.54, 1.807) is 0 Å². The maximum absolute atomic E-state index is 4.43. The Morgan fingerprint density at radius 2 is 2.05 bits per heavy atom. The molecular weight excluding hydrogens is 262 g/mol. The van der Waals surface area contributed by atoms with Crippen molar-refractivity contribution in [3.05, 3.63) is 42.4 Å². The first-order chi connectivity index (χ1) is 10.4. The van der Waals surface area contributed by atoms with Crippen LogP contribution in [0.5, 0.6) is 0 Å². The molecule has 1 aliphatic heterocycles. The summed E-state index contributed by atoms with van der Waals surface area (Å²) in [4.78, 5) is 14.4. The monoisotopic (exact) mass is 283 g/mol. The van der Waals surface area contributed by atoms with Gasteiger partial charge in [-0.25, -0.2) is 4.98 Å². The average Bonchev–Trinajstić information content (AvgIpc) is 3.20. The third-order valence-corrected chi connectivity index (χ3v) is 3.74. The smallest absolute Gasteiger partial charge is 0.194 e. The van der Waals surface area contributed by atoms with Crippen LogP contribution in [0.4, 0.5) is 0 Å². The molecule has 5 heteroatoms. The molecule has 0 saturated carbocycles. The number of likely N-dealkylation sites (tertiary alicyclic amines) is 1. The second-order valence-corrected chi connectivity index (χ2v) is 5.20. The number of hydrogen-bond donors (Lipinski definition) is 2. The Morgan fingerprint density at radius 1 is 1.29 bits per heavy atom. The van der Waals surface area contributed by atoms with Crippen molar-refractivity contribution in [2.24, 2.45) is 4.99 Å². The van der Waals surface area contributed by atoms with Gasteiger partial charge in [0.1, 0.15) is 5.82 Å². The lowest BCUT2D eigenvalue weighted by atomic mass is 10.2. The van der Waals surface area contributed by atoms with Gasteiger partial charge in [-0.1, -0.05) is 30.3 Å². The molecule has 2 aromatic rings. The fourth-order valence-corrected chi connectivity index (χ4v) is 2.64. The zero-order valence-electron chi connectivity index (χ0n) is 12.3. The first-order valence-corrected chi connectivity index (χ1v) is 7.42. The van der Waals surface area contributed by atoms with Crippen LogP contribution in [-0.2, 0) is 6.54 Å². The topological polar surface area (TPSA) is 56.3 Å². The maximum atomic E-state index is 4.43. The Kier molecular flexibility index (Phi) is 4.19. The lowest BCUT2D eigenvalue weighted by Crippen LogP contribution is -2.39. The Hall–Kier alpha value is -2.30. The second-order valence-electron chi connectivity index (χ2n) is 5.20. The van der Waals surface area contributed by atoms with Crippen LogP contribution in [0.25, 0.3) is 11.3 Å². The molecule has 0 spiro atoms. The molecule has 2 N–H and O–H groups in total. The Morgan fingerprint density at radius 3 is 2.76 bits per heavy atom. The van der Waals surface area contributed by atoms with E-state index < -0.39 is 0 Å². The third-order valence-electron chi connectivity index (χ3n) is 3.74. The van der Waals surface area contributed by atoms with Gasteiger partial charge in [-0.2, -0.15) is 0 Å². The molecule has 1 aromatic heterocycles. The molecule has 0 unspecified atom stereocenters. The van der Waals surface area contributed by atoms with Crippen molar-refractivity contribution < 1.29 is 0 Å².